The van der Waals surface area contributed by atoms with Crippen LogP contribution in [0.15, 0.2) is 12.1 Å². The topological polar surface area (TPSA) is 37.4 Å². The zero-order chi connectivity index (χ0) is 15.7. The number of morpholine rings is 1. The van der Waals surface area contributed by atoms with Crippen molar-refractivity contribution in [2.24, 2.45) is 0 Å². The van der Waals surface area contributed by atoms with Crippen LogP contribution in [0.4, 0.5) is 24.7 Å². The molecule has 2 unspecified atom stereocenters. The van der Waals surface area contributed by atoms with Gasteiger partial charge in [-0.05, 0) is 18.9 Å². The minimum Gasteiger partial charge on any atom is -0.377 e. The lowest BCUT2D eigenvalue weighted by atomic mass is 10.2. The first-order valence-electron chi connectivity index (χ1n) is 7.25. The summed E-state index contributed by atoms with van der Waals surface area (Å²) in [6, 6.07) is 4.19. The van der Waals surface area contributed by atoms with Gasteiger partial charge in [0, 0.05) is 17.5 Å². The van der Waals surface area contributed by atoms with Crippen LogP contribution in [0.3, 0.4) is 0 Å². The highest BCUT2D eigenvalue weighted by atomic mass is 32.1. The maximum absolute atomic E-state index is 12.4. The maximum Gasteiger partial charge on any atom is 0.405 e. The molecule has 3 heterocycles. The average molecular weight is 333 g/mol. The number of anilines is 2. The number of rotatable bonds is 4. The number of aromatic nitrogens is 1. The van der Waals surface area contributed by atoms with E-state index in [1.807, 2.05) is 6.07 Å². The Balaban J connectivity index is 1.84. The van der Waals surface area contributed by atoms with E-state index in [0.29, 0.717) is 36.7 Å². The number of nitrogens with zero attached hydrogens (tertiary/aromatic N) is 2. The third kappa shape index (κ3) is 3.43. The van der Waals surface area contributed by atoms with E-state index < -0.39 is 12.7 Å². The summed E-state index contributed by atoms with van der Waals surface area (Å²) in [7, 11) is 0. The van der Waals surface area contributed by atoms with Crippen LogP contribution in [0.1, 0.15) is 18.5 Å². The molecule has 22 heavy (non-hydrogen) atoms. The highest BCUT2D eigenvalue weighted by Crippen LogP contribution is 2.35. The lowest BCUT2D eigenvalue weighted by Gasteiger charge is -2.37. The highest BCUT2D eigenvalue weighted by molar-refractivity contribution is 7.79. The molecule has 2 bridgehead atoms. The molecule has 2 fully saturated rings. The molecular formula is C14H18F3N3OS. The molecule has 2 aliphatic rings. The number of pyridine rings is 1. The predicted octanol–water partition coefficient (Wildman–Crippen LogP) is 2.85. The lowest BCUT2D eigenvalue weighted by Crippen LogP contribution is -2.46. The van der Waals surface area contributed by atoms with Crippen LogP contribution in [0.2, 0.25) is 0 Å². The smallest absolute Gasteiger partial charge is 0.377 e. The molecule has 122 valence electrons. The van der Waals surface area contributed by atoms with Crippen molar-refractivity contribution in [2.75, 3.05) is 30.0 Å². The largest absolute Gasteiger partial charge is 0.405 e. The monoisotopic (exact) mass is 333 g/mol. The van der Waals surface area contributed by atoms with E-state index >= 15 is 0 Å². The molecule has 2 aliphatic heterocycles. The van der Waals surface area contributed by atoms with E-state index in [-0.39, 0.29) is 5.82 Å². The van der Waals surface area contributed by atoms with Crippen molar-refractivity contribution < 1.29 is 17.9 Å². The molecule has 3 rings (SSSR count). The number of fused-ring (bicyclic) bond motifs is 2. The van der Waals surface area contributed by atoms with Crippen molar-refractivity contribution in [1.29, 1.82) is 0 Å². The number of halogens is 3. The summed E-state index contributed by atoms with van der Waals surface area (Å²) in [5.74, 6) is 0.624. The SMILES string of the molecule is FC(F)(F)CNc1cc(N2C3CCC2COC3)cc(CS)n1. The van der Waals surface area contributed by atoms with Gasteiger partial charge in [0.25, 0.3) is 0 Å². The number of hydrogen-bond donors (Lipinski definition) is 2. The first-order chi connectivity index (χ1) is 10.5. The van der Waals surface area contributed by atoms with Gasteiger partial charge in [-0.2, -0.15) is 25.8 Å². The number of hydrogen-bond acceptors (Lipinski definition) is 5. The average Bonchev–Trinajstić information content (AvgIpc) is 2.73. The van der Waals surface area contributed by atoms with Crippen molar-refractivity contribution in [3.8, 4) is 0 Å². The van der Waals surface area contributed by atoms with Crippen molar-refractivity contribution in [1.82, 2.24) is 4.98 Å². The van der Waals surface area contributed by atoms with E-state index in [9.17, 15) is 13.2 Å². The summed E-state index contributed by atoms with van der Waals surface area (Å²) in [4.78, 5) is 6.44. The fourth-order valence-corrected chi connectivity index (χ4v) is 3.30. The van der Waals surface area contributed by atoms with Crippen molar-refractivity contribution >= 4 is 24.1 Å². The fourth-order valence-electron chi connectivity index (χ4n) is 3.13. The van der Waals surface area contributed by atoms with Gasteiger partial charge < -0.3 is 15.0 Å². The minimum absolute atomic E-state index is 0.241. The zero-order valence-electron chi connectivity index (χ0n) is 11.9. The molecule has 1 N–H and O–H groups in total. The third-order valence-corrected chi connectivity index (χ3v) is 4.36. The van der Waals surface area contributed by atoms with Crippen LogP contribution in [0.5, 0.6) is 0 Å². The fraction of sp³-hybridized carbons (Fsp3) is 0.643. The normalized spacial score (nSPS) is 24.6. The molecule has 0 spiro atoms. The summed E-state index contributed by atoms with van der Waals surface area (Å²) < 4.78 is 42.7. The van der Waals surface area contributed by atoms with Gasteiger partial charge in [-0.25, -0.2) is 4.98 Å². The van der Waals surface area contributed by atoms with E-state index in [1.165, 1.54) is 0 Å². The summed E-state index contributed by atoms with van der Waals surface area (Å²) in [5.41, 5.74) is 1.57. The van der Waals surface area contributed by atoms with Crippen molar-refractivity contribution in [2.45, 2.75) is 36.9 Å². The van der Waals surface area contributed by atoms with Crippen molar-refractivity contribution in [3.63, 3.8) is 0 Å². The Morgan fingerprint density at radius 2 is 1.95 bits per heavy atom. The molecule has 0 radical (unpaired) electrons. The Morgan fingerprint density at radius 1 is 1.27 bits per heavy atom. The molecule has 0 amide bonds. The number of ether oxygens (including phenoxy) is 1. The number of nitrogens with one attached hydrogen (secondary N) is 1. The molecule has 0 aromatic carbocycles. The second kappa shape index (κ2) is 6.16. The molecule has 4 nitrogen and oxygen atoms in total. The standard InChI is InChI=1S/C14H18F3N3OS/c15-14(16,17)8-18-13-4-12(3-9(7-22)19-13)20-10-1-2-11(20)6-21-5-10/h3-4,10-11,22H,1-2,5-8H2,(H,18,19). The maximum atomic E-state index is 12.4. The summed E-state index contributed by atoms with van der Waals surface area (Å²) in [5, 5.41) is 2.36. The van der Waals surface area contributed by atoms with Crippen LogP contribution in [-0.4, -0.2) is 43.0 Å². The first-order valence-corrected chi connectivity index (χ1v) is 7.88. The van der Waals surface area contributed by atoms with Gasteiger partial charge in [0.1, 0.15) is 12.4 Å². The molecule has 1 aromatic heterocycles. The Labute approximate surface area is 132 Å². The second-order valence-electron chi connectivity index (χ2n) is 5.66. The summed E-state index contributed by atoms with van der Waals surface area (Å²) in [6.45, 7) is 0.242. The molecule has 2 atom stereocenters. The molecule has 0 aliphatic carbocycles. The van der Waals surface area contributed by atoms with Crippen molar-refractivity contribution in [3.05, 3.63) is 17.8 Å². The van der Waals surface area contributed by atoms with Gasteiger partial charge in [-0.3, -0.25) is 0 Å². The Bertz CT molecular complexity index is 525. The van der Waals surface area contributed by atoms with E-state index in [4.69, 9.17) is 4.74 Å². The van der Waals surface area contributed by atoms with Crippen LogP contribution < -0.4 is 10.2 Å². The lowest BCUT2D eigenvalue weighted by molar-refractivity contribution is -0.115. The predicted molar refractivity (Wildman–Crippen MR) is 81.6 cm³/mol. The number of alkyl halides is 3. The van der Waals surface area contributed by atoms with Gasteiger partial charge in [0.15, 0.2) is 0 Å². The van der Waals surface area contributed by atoms with Crippen LogP contribution in [0.25, 0.3) is 0 Å². The van der Waals surface area contributed by atoms with Gasteiger partial charge in [0.05, 0.1) is 31.0 Å². The van der Waals surface area contributed by atoms with E-state index in [1.54, 1.807) is 6.07 Å². The van der Waals surface area contributed by atoms with E-state index in [2.05, 4.69) is 27.8 Å². The highest BCUT2D eigenvalue weighted by Gasteiger charge is 2.37. The molecule has 1 aromatic rings. The Morgan fingerprint density at radius 3 is 2.55 bits per heavy atom. The van der Waals surface area contributed by atoms with Gasteiger partial charge in [-0.1, -0.05) is 0 Å². The van der Waals surface area contributed by atoms with Crippen LogP contribution in [-0.2, 0) is 10.5 Å². The quantitative estimate of drug-likeness (QED) is 0.831. The van der Waals surface area contributed by atoms with Gasteiger partial charge in [-0.15, -0.1) is 0 Å². The van der Waals surface area contributed by atoms with Crippen LogP contribution in [0, 0.1) is 0 Å². The van der Waals surface area contributed by atoms with Crippen LogP contribution >= 0.6 is 12.6 Å². The minimum atomic E-state index is -4.27. The Hall–Kier alpha value is -1.15. The number of thiol groups is 1. The van der Waals surface area contributed by atoms with Gasteiger partial charge >= 0.3 is 6.18 Å². The molecule has 8 heteroatoms. The first kappa shape index (κ1) is 15.7. The molecule has 0 saturated carbocycles. The summed E-state index contributed by atoms with van der Waals surface area (Å²) in [6.07, 6.45) is -2.17. The Kier molecular flexibility index (Phi) is 4.40. The molecule has 2 saturated heterocycles. The van der Waals surface area contributed by atoms with E-state index in [0.717, 1.165) is 18.5 Å². The van der Waals surface area contributed by atoms with Gasteiger partial charge in [0.2, 0.25) is 0 Å². The zero-order valence-corrected chi connectivity index (χ0v) is 12.8. The summed E-state index contributed by atoms with van der Waals surface area (Å²) >= 11 is 4.20. The molecular weight excluding hydrogens is 315 g/mol. The third-order valence-electron chi connectivity index (χ3n) is 4.03. The second-order valence-corrected chi connectivity index (χ2v) is 5.97.